The minimum Gasteiger partial charge on any atom is -0.372 e. The molecule has 0 aromatic carbocycles. The summed E-state index contributed by atoms with van der Waals surface area (Å²) in [6, 6.07) is 4.00. The van der Waals surface area contributed by atoms with E-state index in [-0.39, 0.29) is 0 Å². The van der Waals surface area contributed by atoms with Gasteiger partial charge in [0.25, 0.3) is 0 Å². The maximum absolute atomic E-state index is 4.70. The Hall–Kier alpha value is -1.24. The van der Waals surface area contributed by atoms with Gasteiger partial charge < -0.3 is 5.32 Å². The minimum atomic E-state index is 0.557. The van der Waals surface area contributed by atoms with Crippen molar-refractivity contribution in [3.63, 3.8) is 0 Å². The SMILES string of the molecule is CNc1nc(-c2ccc(C)cn2)nc(CC(C)C)c1I. The molecule has 2 aromatic heterocycles. The largest absolute Gasteiger partial charge is 0.372 e. The third-order valence-corrected chi connectivity index (χ3v) is 4.03. The quantitative estimate of drug-likeness (QED) is 0.820. The van der Waals surface area contributed by atoms with Crippen LogP contribution in [0.25, 0.3) is 11.5 Å². The number of anilines is 1. The fourth-order valence-corrected chi connectivity index (χ4v) is 2.63. The van der Waals surface area contributed by atoms with Crippen LogP contribution in [0.2, 0.25) is 0 Å². The van der Waals surface area contributed by atoms with Crippen molar-refractivity contribution in [1.29, 1.82) is 0 Å². The first-order valence-corrected chi connectivity index (χ1v) is 7.76. The monoisotopic (exact) mass is 382 g/mol. The lowest BCUT2D eigenvalue weighted by Crippen LogP contribution is -2.08. The molecule has 0 saturated carbocycles. The van der Waals surface area contributed by atoms with Gasteiger partial charge in [-0.2, -0.15) is 0 Å². The van der Waals surface area contributed by atoms with Crippen LogP contribution < -0.4 is 5.32 Å². The molecule has 0 atom stereocenters. The van der Waals surface area contributed by atoms with Gasteiger partial charge in [0.05, 0.1) is 9.26 Å². The zero-order chi connectivity index (χ0) is 14.7. The van der Waals surface area contributed by atoms with Crippen molar-refractivity contribution >= 4 is 28.4 Å². The first kappa shape index (κ1) is 15.2. The Morgan fingerprint density at radius 1 is 1.25 bits per heavy atom. The van der Waals surface area contributed by atoms with E-state index in [9.17, 15) is 0 Å². The van der Waals surface area contributed by atoms with Crippen molar-refractivity contribution in [2.45, 2.75) is 27.2 Å². The molecule has 0 aliphatic heterocycles. The number of aromatic nitrogens is 3. The van der Waals surface area contributed by atoms with Gasteiger partial charge in [-0.3, -0.25) is 4.98 Å². The second-order valence-corrected chi connectivity index (χ2v) is 6.30. The fraction of sp³-hybridized carbons (Fsp3) is 0.400. The first-order valence-electron chi connectivity index (χ1n) is 6.68. The summed E-state index contributed by atoms with van der Waals surface area (Å²) in [4.78, 5) is 13.7. The number of rotatable bonds is 4. The lowest BCUT2D eigenvalue weighted by atomic mass is 10.1. The number of hydrogen-bond acceptors (Lipinski definition) is 4. The summed E-state index contributed by atoms with van der Waals surface area (Å²) in [6.07, 6.45) is 2.78. The van der Waals surface area contributed by atoms with Crippen LogP contribution in [-0.2, 0) is 6.42 Å². The molecule has 0 saturated heterocycles. The molecule has 0 spiro atoms. The predicted molar refractivity (Wildman–Crippen MR) is 90.8 cm³/mol. The molecule has 5 heteroatoms. The van der Waals surface area contributed by atoms with Crippen LogP contribution in [-0.4, -0.2) is 22.0 Å². The van der Waals surface area contributed by atoms with Crippen molar-refractivity contribution in [2.75, 3.05) is 12.4 Å². The average molecular weight is 382 g/mol. The van der Waals surface area contributed by atoms with E-state index in [4.69, 9.17) is 4.98 Å². The lowest BCUT2D eigenvalue weighted by Gasteiger charge is -2.12. The molecule has 0 aliphatic rings. The summed E-state index contributed by atoms with van der Waals surface area (Å²) in [5.74, 6) is 2.11. The van der Waals surface area contributed by atoms with Crippen LogP contribution in [0.5, 0.6) is 0 Å². The zero-order valence-electron chi connectivity index (χ0n) is 12.2. The molecule has 1 N–H and O–H groups in total. The molecule has 4 nitrogen and oxygen atoms in total. The van der Waals surface area contributed by atoms with Gasteiger partial charge in [-0.25, -0.2) is 9.97 Å². The van der Waals surface area contributed by atoms with E-state index in [1.165, 1.54) is 0 Å². The summed E-state index contributed by atoms with van der Waals surface area (Å²) in [6.45, 7) is 6.41. The minimum absolute atomic E-state index is 0.557. The Kier molecular flexibility index (Phi) is 4.91. The Labute approximate surface area is 133 Å². The van der Waals surface area contributed by atoms with Gasteiger partial charge in [-0.15, -0.1) is 0 Å². The van der Waals surface area contributed by atoms with Crippen LogP contribution in [0.3, 0.4) is 0 Å². The van der Waals surface area contributed by atoms with E-state index >= 15 is 0 Å². The van der Waals surface area contributed by atoms with Gasteiger partial charge in [0.1, 0.15) is 11.5 Å². The Morgan fingerprint density at radius 2 is 2.00 bits per heavy atom. The van der Waals surface area contributed by atoms with Crippen molar-refractivity contribution < 1.29 is 0 Å². The highest BCUT2D eigenvalue weighted by Crippen LogP contribution is 2.24. The molecule has 0 unspecified atom stereocenters. The van der Waals surface area contributed by atoms with Crippen molar-refractivity contribution in [3.8, 4) is 11.5 Å². The van der Waals surface area contributed by atoms with E-state index in [0.717, 1.165) is 32.8 Å². The van der Waals surface area contributed by atoms with Crippen molar-refractivity contribution in [2.24, 2.45) is 5.92 Å². The number of nitrogens with zero attached hydrogens (tertiary/aromatic N) is 3. The topological polar surface area (TPSA) is 50.7 Å². The fourth-order valence-electron chi connectivity index (χ4n) is 1.90. The highest BCUT2D eigenvalue weighted by molar-refractivity contribution is 14.1. The number of aryl methyl sites for hydroxylation is 1. The molecular weight excluding hydrogens is 363 g/mol. The second-order valence-electron chi connectivity index (χ2n) is 5.23. The highest BCUT2D eigenvalue weighted by Gasteiger charge is 2.14. The molecular formula is C15H19IN4. The molecule has 2 rings (SSSR count). The first-order chi connectivity index (χ1) is 9.51. The van der Waals surface area contributed by atoms with Crippen LogP contribution in [0, 0.1) is 16.4 Å². The van der Waals surface area contributed by atoms with Gasteiger partial charge >= 0.3 is 0 Å². The molecule has 2 aromatic rings. The summed E-state index contributed by atoms with van der Waals surface area (Å²) < 4.78 is 1.09. The van der Waals surface area contributed by atoms with E-state index in [1.54, 1.807) is 0 Å². The van der Waals surface area contributed by atoms with Crippen LogP contribution in [0.4, 0.5) is 5.82 Å². The maximum atomic E-state index is 4.70. The Balaban J connectivity index is 2.50. The van der Waals surface area contributed by atoms with Crippen LogP contribution >= 0.6 is 22.6 Å². The maximum Gasteiger partial charge on any atom is 0.180 e. The second kappa shape index (κ2) is 6.47. The molecule has 0 radical (unpaired) electrons. The number of halogens is 1. The van der Waals surface area contributed by atoms with Crippen molar-refractivity contribution in [3.05, 3.63) is 33.2 Å². The van der Waals surface area contributed by atoms with Gasteiger partial charge in [-0.1, -0.05) is 19.9 Å². The molecule has 0 aliphatic carbocycles. The summed E-state index contributed by atoms with van der Waals surface area (Å²) in [5.41, 5.74) is 3.03. The summed E-state index contributed by atoms with van der Waals surface area (Å²) in [5, 5.41) is 3.14. The highest BCUT2D eigenvalue weighted by atomic mass is 127. The van der Waals surface area contributed by atoms with Gasteiger partial charge in [0.15, 0.2) is 5.82 Å². The predicted octanol–water partition coefficient (Wildman–Crippen LogP) is 3.69. The smallest absolute Gasteiger partial charge is 0.180 e. The number of pyridine rings is 1. The van der Waals surface area contributed by atoms with Crippen LogP contribution in [0.15, 0.2) is 18.3 Å². The third-order valence-electron chi connectivity index (χ3n) is 2.90. The third kappa shape index (κ3) is 3.45. The van der Waals surface area contributed by atoms with Crippen LogP contribution in [0.1, 0.15) is 25.1 Å². The number of nitrogens with one attached hydrogen (secondary N) is 1. The van der Waals surface area contributed by atoms with E-state index < -0.39 is 0 Å². The lowest BCUT2D eigenvalue weighted by molar-refractivity contribution is 0.632. The zero-order valence-corrected chi connectivity index (χ0v) is 14.4. The molecule has 2 heterocycles. The van der Waals surface area contributed by atoms with E-state index in [1.807, 2.05) is 32.3 Å². The Bertz CT molecular complexity index is 594. The van der Waals surface area contributed by atoms with E-state index in [2.05, 4.69) is 51.7 Å². The summed E-state index contributed by atoms with van der Waals surface area (Å²) >= 11 is 2.31. The van der Waals surface area contributed by atoms with Gasteiger partial charge in [0.2, 0.25) is 0 Å². The number of hydrogen-bond donors (Lipinski definition) is 1. The van der Waals surface area contributed by atoms with Gasteiger partial charge in [0, 0.05) is 13.2 Å². The normalized spacial score (nSPS) is 10.9. The Morgan fingerprint density at radius 3 is 2.55 bits per heavy atom. The molecule has 0 fully saturated rings. The van der Waals surface area contributed by atoms with Crippen molar-refractivity contribution in [1.82, 2.24) is 15.0 Å². The van der Waals surface area contributed by atoms with Gasteiger partial charge in [-0.05, 0) is 53.5 Å². The average Bonchev–Trinajstić information content (AvgIpc) is 2.41. The molecule has 20 heavy (non-hydrogen) atoms. The molecule has 0 amide bonds. The molecule has 0 bridgehead atoms. The summed E-state index contributed by atoms with van der Waals surface area (Å²) in [7, 11) is 1.88. The molecule has 106 valence electrons. The van der Waals surface area contributed by atoms with E-state index in [0.29, 0.717) is 11.7 Å². The standard InChI is InChI=1S/C15H19IN4/c1-9(2)7-12-13(16)15(17-4)20-14(19-12)11-6-5-10(3)8-18-11/h5-6,8-9H,7H2,1-4H3,(H,17,19,20).